The minimum Gasteiger partial charge on any atom is -0.507 e. The van der Waals surface area contributed by atoms with Gasteiger partial charge in [-0.1, -0.05) is 12.1 Å². The van der Waals surface area contributed by atoms with Crippen molar-refractivity contribution < 1.29 is 28.9 Å². The molecule has 6 nitrogen and oxygen atoms in total. The fraction of sp³-hybridized carbons (Fsp3) is 0.222. The molecule has 174 valence electrons. The van der Waals surface area contributed by atoms with Crippen molar-refractivity contribution in [1.82, 2.24) is 4.57 Å². The molecule has 5 rings (SSSR count). The van der Waals surface area contributed by atoms with Crippen molar-refractivity contribution in [3.63, 3.8) is 0 Å². The van der Waals surface area contributed by atoms with E-state index in [4.69, 9.17) is 9.47 Å². The highest BCUT2D eigenvalue weighted by Gasteiger charge is 2.29. The maximum absolute atomic E-state index is 13.8. The number of phenols is 1. The second-order valence-corrected chi connectivity index (χ2v) is 8.35. The first kappa shape index (κ1) is 22.0. The van der Waals surface area contributed by atoms with Crippen molar-refractivity contribution in [2.75, 3.05) is 20.3 Å². The topological polar surface area (TPSA) is 80.9 Å². The van der Waals surface area contributed by atoms with Gasteiger partial charge < -0.3 is 24.3 Å². The Hall–Kier alpha value is -3.84. The fourth-order valence-corrected chi connectivity index (χ4v) is 4.89. The van der Waals surface area contributed by atoms with Crippen LogP contribution in [0.3, 0.4) is 0 Å². The summed E-state index contributed by atoms with van der Waals surface area (Å²) in [7, 11) is 1.43. The van der Waals surface area contributed by atoms with Crippen molar-refractivity contribution in [3.8, 4) is 28.3 Å². The number of phenolic OH excluding ortho intramolecular Hbond substituents is 1. The number of hydrogen-bond acceptors (Lipinski definition) is 4. The largest absolute Gasteiger partial charge is 0.507 e. The summed E-state index contributed by atoms with van der Waals surface area (Å²) in [6.07, 6.45) is 1.54. The lowest BCUT2D eigenvalue weighted by atomic mass is 9.89. The van der Waals surface area contributed by atoms with E-state index in [9.17, 15) is 19.4 Å². The number of nitrogens with zero attached hydrogens (tertiary/aromatic N) is 1. The monoisotopic (exact) mass is 461 g/mol. The summed E-state index contributed by atoms with van der Waals surface area (Å²) in [6, 6.07) is 16.6. The van der Waals surface area contributed by atoms with Gasteiger partial charge in [0, 0.05) is 41.5 Å². The third kappa shape index (κ3) is 3.68. The first-order valence-corrected chi connectivity index (χ1v) is 11.1. The zero-order valence-electron chi connectivity index (χ0n) is 18.6. The van der Waals surface area contributed by atoms with E-state index in [0.29, 0.717) is 24.2 Å². The van der Waals surface area contributed by atoms with E-state index < -0.39 is 5.97 Å². The van der Waals surface area contributed by atoms with E-state index in [2.05, 4.69) is 0 Å². The Bertz CT molecular complexity index is 1370. The molecule has 1 aliphatic rings. The van der Waals surface area contributed by atoms with Crippen LogP contribution in [0.2, 0.25) is 0 Å². The van der Waals surface area contributed by atoms with Crippen LogP contribution < -0.4 is 4.74 Å². The summed E-state index contributed by atoms with van der Waals surface area (Å²) < 4.78 is 26.7. The molecule has 7 heteroatoms. The molecule has 0 spiro atoms. The summed E-state index contributed by atoms with van der Waals surface area (Å²) >= 11 is 0. The van der Waals surface area contributed by atoms with E-state index in [1.165, 1.54) is 19.2 Å². The van der Waals surface area contributed by atoms with Crippen LogP contribution in [0.4, 0.5) is 4.39 Å². The normalized spacial score (nSPS) is 14.4. The van der Waals surface area contributed by atoms with Crippen LogP contribution in [0.5, 0.6) is 11.5 Å². The van der Waals surface area contributed by atoms with Gasteiger partial charge in [-0.15, -0.1) is 0 Å². The van der Waals surface area contributed by atoms with Gasteiger partial charge in [-0.3, -0.25) is 0 Å². The van der Waals surface area contributed by atoms with Crippen molar-refractivity contribution >= 4 is 16.9 Å². The lowest BCUT2D eigenvalue weighted by Gasteiger charge is -2.26. The zero-order valence-corrected chi connectivity index (χ0v) is 18.6. The first-order chi connectivity index (χ1) is 16.5. The van der Waals surface area contributed by atoms with E-state index in [0.717, 1.165) is 35.3 Å². The Balaban J connectivity index is 1.88. The summed E-state index contributed by atoms with van der Waals surface area (Å²) in [5, 5.41) is 21.4. The molecule has 0 bridgehead atoms. The number of rotatable bonds is 5. The number of carboxylic acids is 1. The lowest BCUT2D eigenvalue weighted by Crippen LogP contribution is -2.17. The van der Waals surface area contributed by atoms with Crippen LogP contribution in [0.25, 0.3) is 27.7 Å². The molecule has 1 saturated heterocycles. The Morgan fingerprint density at radius 1 is 1.09 bits per heavy atom. The molecule has 1 fully saturated rings. The molecule has 1 aromatic heterocycles. The molecule has 0 amide bonds. The Morgan fingerprint density at radius 3 is 2.50 bits per heavy atom. The number of aromatic hydroxyl groups is 1. The average molecular weight is 461 g/mol. The van der Waals surface area contributed by atoms with Gasteiger partial charge in [0.15, 0.2) is 0 Å². The van der Waals surface area contributed by atoms with Crippen LogP contribution in [-0.2, 0) is 4.74 Å². The molecule has 0 radical (unpaired) electrons. The number of methoxy groups -OCH3 is 1. The first-order valence-electron chi connectivity index (χ1n) is 11.1. The summed E-state index contributed by atoms with van der Waals surface area (Å²) in [6.45, 7) is 1.20. The van der Waals surface area contributed by atoms with Gasteiger partial charge in [0.1, 0.15) is 22.9 Å². The molecule has 2 heterocycles. The zero-order chi connectivity index (χ0) is 23.8. The molecular formula is C27H24FNO5. The smallest absolute Gasteiger partial charge is 0.339 e. The number of benzene rings is 3. The number of halogens is 1. The fourth-order valence-electron chi connectivity index (χ4n) is 4.89. The highest BCUT2D eigenvalue weighted by Crippen LogP contribution is 2.46. The molecular weight excluding hydrogens is 437 g/mol. The number of fused-ring (bicyclic) bond motifs is 1. The maximum Gasteiger partial charge on any atom is 0.339 e. The minimum absolute atomic E-state index is 0.0380. The SMILES string of the molecule is COc1ccc(-c2c(C3CCOCC3)n(-c3ccc(F)cc3)c3cccc(O)c23)cc1C(=O)O. The van der Waals surface area contributed by atoms with Crippen molar-refractivity contribution in [2.24, 2.45) is 0 Å². The van der Waals surface area contributed by atoms with Crippen LogP contribution in [0.1, 0.15) is 34.8 Å². The minimum atomic E-state index is -1.10. The Kier molecular flexibility index (Phi) is 5.71. The van der Waals surface area contributed by atoms with Crippen molar-refractivity contribution in [2.45, 2.75) is 18.8 Å². The van der Waals surface area contributed by atoms with Gasteiger partial charge in [0.25, 0.3) is 0 Å². The summed E-state index contributed by atoms with van der Waals surface area (Å²) in [4.78, 5) is 12.0. The van der Waals surface area contributed by atoms with E-state index >= 15 is 0 Å². The van der Waals surface area contributed by atoms with Gasteiger partial charge in [-0.05, 0) is 66.9 Å². The molecule has 4 aromatic rings. The van der Waals surface area contributed by atoms with E-state index in [1.807, 2.05) is 16.7 Å². The van der Waals surface area contributed by atoms with Crippen molar-refractivity contribution in [1.29, 1.82) is 0 Å². The van der Waals surface area contributed by atoms with Gasteiger partial charge >= 0.3 is 5.97 Å². The number of aromatic carboxylic acids is 1. The predicted octanol–water partition coefficient (Wildman–Crippen LogP) is 5.74. The number of hydrogen-bond donors (Lipinski definition) is 2. The number of carboxylic acid groups (broad SMARTS) is 1. The molecule has 34 heavy (non-hydrogen) atoms. The predicted molar refractivity (Wildman–Crippen MR) is 127 cm³/mol. The molecule has 1 aliphatic heterocycles. The Morgan fingerprint density at radius 2 is 1.82 bits per heavy atom. The molecule has 3 aromatic carbocycles. The van der Waals surface area contributed by atoms with Crippen LogP contribution in [-0.4, -0.2) is 41.1 Å². The van der Waals surface area contributed by atoms with Gasteiger partial charge in [-0.2, -0.15) is 0 Å². The lowest BCUT2D eigenvalue weighted by molar-refractivity contribution is 0.0693. The molecule has 0 saturated carbocycles. The second-order valence-electron chi connectivity index (χ2n) is 8.35. The second kappa shape index (κ2) is 8.83. The third-order valence-corrected chi connectivity index (χ3v) is 6.42. The van der Waals surface area contributed by atoms with E-state index in [-0.39, 0.29) is 28.8 Å². The third-order valence-electron chi connectivity index (χ3n) is 6.42. The van der Waals surface area contributed by atoms with Gasteiger partial charge in [-0.25, -0.2) is 9.18 Å². The van der Waals surface area contributed by atoms with Gasteiger partial charge in [0.2, 0.25) is 0 Å². The highest BCUT2D eigenvalue weighted by molar-refractivity contribution is 6.04. The quantitative estimate of drug-likeness (QED) is 0.396. The molecule has 2 N–H and O–H groups in total. The molecule has 0 atom stereocenters. The summed E-state index contributed by atoms with van der Waals surface area (Å²) in [5.74, 6) is -0.990. The maximum atomic E-state index is 13.8. The van der Waals surface area contributed by atoms with Crippen LogP contribution in [0, 0.1) is 5.82 Å². The standard InChI is InChI=1S/C27H24FNO5/c1-33-23-10-5-17(15-20(23)27(31)32)24-25-21(3-2-4-22(25)30)29(19-8-6-18(28)7-9-19)26(24)16-11-13-34-14-12-16/h2-10,15-16,30H,11-14H2,1H3,(H,31,32). The molecule has 0 aliphatic carbocycles. The van der Waals surface area contributed by atoms with Crippen molar-refractivity contribution in [3.05, 3.63) is 77.7 Å². The molecule has 0 unspecified atom stereocenters. The number of ether oxygens (including phenoxy) is 2. The van der Waals surface area contributed by atoms with Crippen LogP contribution >= 0.6 is 0 Å². The van der Waals surface area contributed by atoms with Crippen LogP contribution in [0.15, 0.2) is 60.7 Å². The van der Waals surface area contributed by atoms with E-state index in [1.54, 1.807) is 36.4 Å². The van der Waals surface area contributed by atoms with Gasteiger partial charge in [0.05, 0.1) is 12.6 Å². The Labute approximate surface area is 195 Å². The highest BCUT2D eigenvalue weighted by atomic mass is 19.1. The summed E-state index contributed by atoms with van der Waals surface area (Å²) in [5.41, 5.74) is 3.91. The number of aromatic nitrogens is 1. The average Bonchev–Trinajstić information content (AvgIpc) is 3.21. The number of carbonyl (C=O) groups is 1.